The highest BCUT2D eigenvalue weighted by Gasteiger charge is 2.48. The maximum absolute atomic E-state index is 10.8. The molecule has 0 aromatic heterocycles. The molecule has 0 saturated heterocycles. The monoisotopic (exact) mass is 204 g/mol. The van der Waals surface area contributed by atoms with Gasteiger partial charge in [0.15, 0.2) is 4.87 Å². The highest BCUT2D eigenvalue weighted by atomic mass is 35.5. The molecular weight excluding hydrogens is 196 g/mol. The van der Waals surface area contributed by atoms with Crippen LogP contribution in [0.1, 0.15) is 12.8 Å². The molecule has 0 aromatic rings. The van der Waals surface area contributed by atoms with E-state index in [9.17, 15) is 9.59 Å². The number of halogens is 1. The van der Waals surface area contributed by atoms with Crippen molar-refractivity contribution in [1.29, 1.82) is 0 Å². The van der Waals surface area contributed by atoms with Crippen molar-refractivity contribution in [2.45, 2.75) is 17.7 Å². The minimum absolute atomic E-state index is 0.0564. The fraction of sp³-hybridized carbons (Fsp3) is 0.500. The lowest BCUT2D eigenvalue weighted by atomic mass is 9.82. The van der Waals surface area contributed by atoms with Crippen molar-refractivity contribution < 1.29 is 19.8 Å². The quantitative estimate of drug-likeness (QED) is 0.522. The van der Waals surface area contributed by atoms with Gasteiger partial charge in [0.1, 0.15) is 0 Å². The van der Waals surface area contributed by atoms with Crippen molar-refractivity contribution in [2.75, 3.05) is 0 Å². The van der Waals surface area contributed by atoms with Gasteiger partial charge in [-0.1, -0.05) is 12.2 Å². The predicted octanol–water partition coefficient (Wildman–Crippen LogP) is 1.10. The van der Waals surface area contributed by atoms with Gasteiger partial charge in [-0.15, -0.1) is 11.6 Å². The van der Waals surface area contributed by atoms with Crippen LogP contribution in [0.3, 0.4) is 0 Å². The first-order valence-electron chi connectivity index (χ1n) is 3.78. The molecule has 0 bridgehead atoms. The van der Waals surface area contributed by atoms with Crippen LogP contribution in [-0.4, -0.2) is 27.0 Å². The molecule has 0 saturated carbocycles. The Morgan fingerprint density at radius 2 is 2.00 bits per heavy atom. The van der Waals surface area contributed by atoms with E-state index in [1.54, 1.807) is 12.2 Å². The van der Waals surface area contributed by atoms with Crippen LogP contribution in [0.4, 0.5) is 0 Å². The lowest BCUT2D eigenvalue weighted by molar-refractivity contribution is -0.151. The fourth-order valence-electron chi connectivity index (χ4n) is 1.35. The number of carboxylic acids is 2. The summed E-state index contributed by atoms with van der Waals surface area (Å²) in [4.78, 5) is 19.8. The Bertz CT molecular complexity index is 273. The summed E-state index contributed by atoms with van der Waals surface area (Å²) in [5.41, 5.74) is 0. The number of alkyl halides is 1. The molecule has 13 heavy (non-hydrogen) atoms. The zero-order valence-electron chi connectivity index (χ0n) is 6.74. The molecule has 0 aliphatic heterocycles. The standard InChI is InChI=1S/C8H9ClO4/c9-8(7(12)13)4-2-1-3-5(8)6(10)11/h1-2,5H,3-4H2,(H,10,11)(H,12,13). The van der Waals surface area contributed by atoms with Gasteiger partial charge in [-0.2, -0.15) is 0 Å². The van der Waals surface area contributed by atoms with Crippen LogP contribution in [0, 0.1) is 5.92 Å². The third-order valence-electron chi connectivity index (χ3n) is 2.16. The molecule has 2 N–H and O–H groups in total. The summed E-state index contributed by atoms with van der Waals surface area (Å²) in [6, 6.07) is 0. The Hall–Kier alpha value is -1.03. The molecule has 72 valence electrons. The largest absolute Gasteiger partial charge is 0.481 e. The van der Waals surface area contributed by atoms with E-state index in [4.69, 9.17) is 21.8 Å². The average molecular weight is 205 g/mol. The zero-order valence-corrected chi connectivity index (χ0v) is 7.49. The normalized spacial score (nSPS) is 32.8. The highest BCUT2D eigenvalue weighted by Crippen LogP contribution is 2.36. The first-order valence-corrected chi connectivity index (χ1v) is 4.16. The van der Waals surface area contributed by atoms with E-state index in [0.717, 1.165) is 0 Å². The SMILES string of the molecule is O=C(O)C1CC=CCC1(Cl)C(=O)O. The molecule has 4 nitrogen and oxygen atoms in total. The first kappa shape index (κ1) is 10.1. The Kier molecular flexibility index (Phi) is 2.61. The molecule has 0 amide bonds. The molecule has 0 radical (unpaired) electrons. The van der Waals surface area contributed by atoms with E-state index in [1.807, 2.05) is 0 Å². The lowest BCUT2D eigenvalue weighted by Crippen LogP contribution is -2.45. The maximum atomic E-state index is 10.8. The molecule has 1 rings (SSSR count). The Balaban J connectivity index is 2.99. The molecular formula is C8H9ClO4. The first-order chi connectivity index (χ1) is 5.98. The van der Waals surface area contributed by atoms with Gasteiger partial charge in [0.05, 0.1) is 5.92 Å². The molecule has 0 heterocycles. The van der Waals surface area contributed by atoms with Crippen LogP contribution < -0.4 is 0 Å². The Morgan fingerprint density at radius 1 is 1.38 bits per heavy atom. The van der Waals surface area contributed by atoms with E-state index in [2.05, 4.69) is 0 Å². The van der Waals surface area contributed by atoms with Crippen molar-refractivity contribution >= 4 is 23.5 Å². The molecule has 2 atom stereocenters. The Labute approximate surface area is 79.8 Å². The summed E-state index contributed by atoms with van der Waals surface area (Å²) in [6.45, 7) is 0. The number of carboxylic acid groups (broad SMARTS) is 2. The van der Waals surface area contributed by atoms with E-state index in [0.29, 0.717) is 0 Å². The topological polar surface area (TPSA) is 74.6 Å². The third kappa shape index (κ3) is 1.67. The van der Waals surface area contributed by atoms with Gasteiger partial charge in [-0.3, -0.25) is 9.59 Å². The van der Waals surface area contributed by atoms with Gasteiger partial charge in [-0.25, -0.2) is 0 Å². The van der Waals surface area contributed by atoms with Crippen LogP contribution in [0.15, 0.2) is 12.2 Å². The number of hydrogen-bond acceptors (Lipinski definition) is 2. The van der Waals surface area contributed by atoms with Gasteiger partial charge in [0.25, 0.3) is 0 Å². The van der Waals surface area contributed by atoms with E-state index in [-0.39, 0.29) is 12.8 Å². The number of allylic oxidation sites excluding steroid dienone is 2. The summed E-state index contributed by atoms with van der Waals surface area (Å²) >= 11 is 5.74. The van der Waals surface area contributed by atoms with E-state index >= 15 is 0 Å². The van der Waals surface area contributed by atoms with Crippen LogP contribution in [0.5, 0.6) is 0 Å². The van der Waals surface area contributed by atoms with Gasteiger partial charge < -0.3 is 10.2 Å². The second-order valence-electron chi connectivity index (χ2n) is 2.97. The molecule has 1 aliphatic carbocycles. The molecule has 1 aliphatic rings. The van der Waals surface area contributed by atoms with Gasteiger partial charge in [-0.05, 0) is 12.8 Å². The van der Waals surface area contributed by atoms with Gasteiger partial charge in [0, 0.05) is 0 Å². The van der Waals surface area contributed by atoms with Crippen molar-refractivity contribution in [2.24, 2.45) is 5.92 Å². The molecule has 5 heteroatoms. The van der Waals surface area contributed by atoms with Crippen LogP contribution in [-0.2, 0) is 9.59 Å². The average Bonchev–Trinajstić information content (AvgIpc) is 2.04. The molecule has 2 unspecified atom stereocenters. The fourth-order valence-corrected chi connectivity index (χ4v) is 1.62. The second kappa shape index (κ2) is 3.38. The molecule has 0 spiro atoms. The number of carbonyl (C=O) groups is 2. The molecule has 0 fully saturated rings. The highest BCUT2D eigenvalue weighted by molar-refractivity contribution is 6.35. The van der Waals surface area contributed by atoms with Crippen LogP contribution >= 0.6 is 11.6 Å². The van der Waals surface area contributed by atoms with Crippen LogP contribution in [0.2, 0.25) is 0 Å². The van der Waals surface area contributed by atoms with Gasteiger partial charge in [0.2, 0.25) is 0 Å². The third-order valence-corrected chi connectivity index (χ3v) is 2.74. The van der Waals surface area contributed by atoms with Crippen molar-refractivity contribution in [1.82, 2.24) is 0 Å². The smallest absolute Gasteiger partial charge is 0.326 e. The number of hydrogen-bond donors (Lipinski definition) is 2. The van der Waals surface area contributed by atoms with Crippen molar-refractivity contribution in [3.63, 3.8) is 0 Å². The van der Waals surface area contributed by atoms with Crippen LogP contribution in [0.25, 0.3) is 0 Å². The summed E-state index contributed by atoms with van der Waals surface area (Å²) in [5.74, 6) is -3.48. The minimum Gasteiger partial charge on any atom is -0.481 e. The van der Waals surface area contributed by atoms with Crippen molar-refractivity contribution in [3.05, 3.63) is 12.2 Å². The summed E-state index contributed by atoms with van der Waals surface area (Å²) in [7, 11) is 0. The second-order valence-corrected chi connectivity index (χ2v) is 3.64. The molecule has 0 aromatic carbocycles. The minimum atomic E-state index is -1.68. The van der Waals surface area contributed by atoms with Gasteiger partial charge >= 0.3 is 11.9 Å². The van der Waals surface area contributed by atoms with E-state index in [1.165, 1.54) is 0 Å². The summed E-state index contributed by atoms with van der Waals surface area (Å²) < 4.78 is 0. The predicted molar refractivity (Wildman–Crippen MR) is 45.7 cm³/mol. The summed E-state index contributed by atoms with van der Waals surface area (Å²) in [6.07, 6.45) is 3.47. The Morgan fingerprint density at radius 3 is 2.38 bits per heavy atom. The number of aliphatic carboxylic acids is 2. The number of rotatable bonds is 2. The summed E-state index contributed by atoms with van der Waals surface area (Å²) in [5, 5.41) is 17.5. The van der Waals surface area contributed by atoms with Crippen molar-refractivity contribution in [3.8, 4) is 0 Å². The maximum Gasteiger partial charge on any atom is 0.326 e. The lowest BCUT2D eigenvalue weighted by Gasteiger charge is -2.29. The van der Waals surface area contributed by atoms with E-state index < -0.39 is 22.7 Å². The zero-order chi connectivity index (χ0) is 10.1.